The molecule has 3 aromatic heterocycles. The van der Waals surface area contributed by atoms with Crippen LogP contribution in [0, 0.1) is 0 Å². The normalized spacial score (nSPS) is 12.0. The Bertz CT molecular complexity index is 705. The van der Waals surface area contributed by atoms with Crippen LogP contribution < -0.4 is 5.32 Å². The summed E-state index contributed by atoms with van der Waals surface area (Å²) in [6.45, 7) is 1.97. The molecule has 3 aromatic rings. The summed E-state index contributed by atoms with van der Waals surface area (Å²) in [5, 5.41) is 9.06. The number of carbonyl (C=O) groups is 1. The summed E-state index contributed by atoms with van der Waals surface area (Å²) in [5.41, 5.74) is 0.536. The zero-order chi connectivity index (χ0) is 14.7. The molecule has 0 aliphatic carbocycles. The van der Waals surface area contributed by atoms with E-state index in [4.69, 9.17) is 0 Å². The van der Waals surface area contributed by atoms with Gasteiger partial charge >= 0.3 is 0 Å². The Morgan fingerprint density at radius 3 is 2.86 bits per heavy atom. The monoisotopic (exact) mass is 298 g/mol. The molecule has 0 saturated heterocycles. The largest absolute Gasteiger partial charge is 0.345 e. The SMILES string of the molecule is C[C@@H](NC(=O)c1ccc(-n2cccn2)nc1)c1cccs1. The van der Waals surface area contributed by atoms with E-state index in [2.05, 4.69) is 15.4 Å². The zero-order valence-electron chi connectivity index (χ0n) is 11.4. The van der Waals surface area contributed by atoms with Crippen LogP contribution in [0.1, 0.15) is 28.2 Å². The van der Waals surface area contributed by atoms with E-state index in [1.807, 2.05) is 30.5 Å². The maximum absolute atomic E-state index is 12.2. The van der Waals surface area contributed by atoms with Crippen LogP contribution in [-0.2, 0) is 0 Å². The minimum atomic E-state index is -0.129. The molecule has 3 rings (SSSR count). The molecule has 5 nitrogen and oxygen atoms in total. The molecular weight excluding hydrogens is 284 g/mol. The zero-order valence-corrected chi connectivity index (χ0v) is 12.2. The molecule has 0 bridgehead atoms. The Hall–Kier alpha value is -2.47. The number of amides is 1. The highest BCUT2D eigenvalue weighted by molar-refractivity contribution is 7.10. The van der Waals surface area contributed by atoms with Crippen molar-refractivity contribution < 1.29 is 4.79 Å². The number of hydrogen-bond donors (Lipinski definition) is 1. The summed E-state index contributed by atoms with van der Waals surface area (Å²) in [5.74, 6) is 0.554. The lowest BCUT2D eigenvalue weighted by atomic mass is 10.2. The molecule has 1 N–H and O–H groups in total. The van der Waals surface area contributed by atoms with Gasteiger partial charge in [0.15, 0.2) is 5.82 Å². The number of carbonyl (C=O) groups excluding carboxylic acids is 1. The van der Waals surface area contributed by atoms with E-state index in [0.717, 1.165) is 4.88 Å². The second kappa shape index (κ2) is 5.88. The van der Waals surface area contributed by atoms with E-state index in [-0.39, 0.29) is 11.9 Å². The van der Waals surface area contributed by atoms with Crippen molar-refractivity contribution in [2.45, 2.75) is 13.0 Å². The second-order valence-electron chi connectivity index (χ2n) is 4.57. The van der Waals surface area contributed by atoms with Crippen molar-refractivity contribution >= 4 is 17.2 Å². The van der Waals surface area contributed by atoms with Gasteiger partial charge in [-0.05, 0) is 36.6 Å². The molecule has 21 heavy (non-hydrogen) atoms. The van der Waals surface area contributed by atoms with Crippen LogP contribution >= 0.6 is 11.3 Å². The van der Waals surface area contributed by atoms with Crippen LogP contribution in [-0.4, -0.2) is 20.7 Å². The molecular formula is C15H14N4OS. The molecule has 0 unspecified atom stereocenters. The van der Waals surface area contributed by atoms with E-state index in [0.29, 0.717) is 11.4 Å². The van der Waals surface area contributed by atoms with E-state index in [1.54, 1.807) is 46.7 Å². The number of pyridine rings is 1. The standard InChI is InChI=1S/C15H14N4OS/c1-11(13-4-2-9-21-13)18-15(20)12-5-6-14(16-10-12)19-8-3-7-17-19/h2-11H,1H3,(H,18,20)/t11-/m1/s1. The van der Waals surface area contributed by atoms with Gasteiger partial charge in [-0.3, -0.25) is 4.79 Å². The lowest BCUT2D eigenvalue weighted by molar-refractivity contribution is 0.0940. The third kappa shape index (κ3) is 3.00. The molecule has 1 atom stereocenters. The number of nitrogens with zero attached hydrogens (tertiary/aromatic N) is 3. The predicted octanol–water partition coefficient (Wildman–Crippen LogP) is 2.82. The van der Waals surface area contributed by atoms with Crippen LogP contribution in [0.15, 0.2) is 54.3 Å². The van der Waals surface area contributed by atoms with Crippen molar-refractivity contribution in [2.24, 2.45) is 0 Å². The van der Waals surface area contributed by atoms with E-state index in [1.165, 1.54) is 0 Å². The Labute approximate surface area is 126 Å². The van der Waals surface area contributed by atoms with Crippen LogP contribution in [0.5, 0.6) is 0 Å². The van der Waals surface area contributed by atoms with Crippen molar-refractivity contribution in [1.82, 2.24) is 20.1 Å². The summed E-state index contributed by atoms with van der Waals surface area (Å²) >= 11 is 1.63. The van der Waals surface area contributed by atoms with Crippen molar-refractivity contribution in [3.8, 4) is 5.82 Å². The van der Waals surface area contributed by atoms with Crippen molar-refractivity contribution in [1.29, 1.82) is 0 Å². The Morgan fingerprint density at radius 2 is 2.24 bits per heavy atom. The molecule has 0 aromatic carbocycles. The lowest BCUT2D eigenvalue weighted by Crippen LogP contribution is -2.26. The van der Waals surface area contributed by atoms with E-state index < -0.39 is 0 Å². The first kappa shape index (κ1) is 13.5. The molecule has 0 aliphatic heterocycles. The minimum Gasteiger partial charge on any atom is -0.345 e. The fourth-order valence-corrected chi connectivity index (χ4v) is 2.68. The number of nitrogens with one attached hydrogen (secondary N) is 1. The maximum atomic E-state index is 12.2. The first-order valence-corrected chi connectivity index (χ1v) is 7.42. The Kier molecular flexibility index (Phi) is 3.79. The van der Waals surface area contributed by atoms with Gasteiger partial charge in [0.2, 0.25) is 0 Å². The molecule has 106 valence electrons. The van der Waals surface area contributed by atoms with Crippen LogP contribution in [0.25, 0.3) is 5.82 Å². The van der Waals surface area contributed by atoms with Crippen molar-refractivity contribution in [2.75, 3.05) is 0 Å². The number of rotatable bonds is 4. The Morgan fingerprint density at radius 1 is 1.33 bits per heavy atom. The smallest absolute Gasteiger partial charge is 0.253 e. The van der Waals surface area contributed by atoms with Crippen LogP contribution in [0.3, 0.4) is 0 Å². The predicted molar refractivity (Wildman–Crippen MR) is 81.6 cm³/mol. The van der Waals surface area contributed by atoms with Gasteiger partial charge in [0.25, 0.3) is 5.91 Å². The maximum Gasteiger partial charge on any atom is 0.253 e. The molecule has 6 heteroatoms. The summed E-state index contributed by atoms with van der Waals surface area (Å²) in [4.78, 5) is 17.6. The van der Waals surface area contributed by atoms with Crippen molar-refractivity contribution in [3.05, 3.63) is 64.7 Å². The van der Waals surface area contributed by atoms with Crippen LogP contribution in [0.2, 0.25) is 0 Å². The number of hydrogen-bond acceptors (Lipinski definition) is 4. The molecule has 3 heterocycles. The summed E-state index contributed by atoms with van der Waals surface area (Å²) in [6, 6.07) is 9.32. The third-order valence-corrected chi connectivity index (χ3v) is 4.12. The van der Waals surface area contributed by atoms with Gasteiger partial charge in [-0.15, -0.1) is 11.3 Å². The molecule has 0 spiro atoms. The van der Waals surface area contributed by atoms with E-state index >= 15 is 0 Å². The minimum absolute atomic E-state index is 0.0108. The van der Waals surface area contributed by atoms with Gasteiger partial charge in [-0.1, -0.05) is 6.07 Å². The average Bonchev–Trinajstić information content (AvgIpc) is 3.20. The van der Waals surface area contributed by atoms with Crippen LogP contribution in [0.4, 0.5) is 0 Å². The first-order valence-electron chi connectivity index (χ1n) is 6.54. The molecule has 1 amide bonds. The number of aromatic nitrogens is 3. The first-order chi connectivity index (χ1) is 10.2. The molecule has 0 fully saturated rings. The lowest BCUT2D eigenvalue weighted by Gasteiger charge is -2.12. The highest BCUT2D eigenvalue weighted by Crippen LogP contribution is 2.18. The fourth-order valence-electron chi connectivity index (χ4n) is 1.95. The summed E-state index contributed by atoms with van der Waals surface area (Å²) < 4.78 is 1.65. The quantitative estimate of drug-likeness (QED) is 0.805. The summed E-state index contributed by atoms with van der Waals surface area (Å²) in [6.07, 6.45) is 5.05. The third-order valence-electron chi connectivity index (χ3n) is 3.07. The van der Waals surface area contributed by atoms with Gasteiger partial charge in [0.05, 0.1) is 11.6 Å². The molecule has 0 aliphatic rings. The van der Waals surface area contributed by atoms with Gasteiger partial charge in [0, 0.05) is 23.5 Å². The number of thiophene rings is 1. The van der Waals surface area contributed by atoms with Crippen molar-refractivity contribution in [3.63, 3.8) is 0 Å². The summed E-state index contributed by atoms with van der Waals surface area (Å²) in [7, 11) is 0. The Balaban J connectivity index is 1.70. The topological polar surface area (TPSA) is 59.8 Å². The fraction of sp³-hybridized carbons (Fsp3) is 0.133. The van der Waals surface area contributed by atoms with Gasteiger partial charge in [0.1, 0.15) is 0 Å². The highest BCUT2D eigenvalue weighted by atomic mass is 32.1. The highest BCUT2D eigenvalue weighted by Gasteiger charge is 2.12. The van der Waals surface area contributed by atoms with Gasteiger partial charge in [-0.25, -0.2) is 9.67 Å². The molecule has 0 radical (unpaired) electrons. The second-order valence-corrected chi connectivity index (χ2v) is 5.55. The molecule has 0 saturated carbocycles. The van der Waals surface area contributed by atoms with Gasteiger partial charge in [-0.2, -0.15) is 5.10 Å². The average molecular weight is 298 g/mol. The van der Waals surface area contributed by atoms with Gasteiger partial charge < -0.3 is 5.32 Å². The van der Waals surface area contributed by atoms with E-state index in [9.17, 15) is 4.79 Å².